The van der Waals surface area contributed by atoms with Crippen molar-refractivity contribution in [1.82, 2.24) is 0 Å². The van der Waals surface area contributed by atoms with Crippen LogP contribution in [0.25, 0.3) is 0 Å². The topological polar surface area (TPSA) is 63.6 Å². The van der Waals surface area contributed by atoms with Crippen molar-refractivity contribution < 1.29 is 19.4 Å². The van der Waals surface area contributed by atoms with Gasteiger partial charge in [0, 0.05) is 0 Å². The summed E-state index contributed by atoms with van der Waals surface area (Å²) in [6, 6.07) is 6.22. The average Bonchev–Trinajstić information content (AvgIpc) is 2.55. The number of ether oxygens (including phenoxy) is 1. The van der Waals surface area contributed by atoms with Gasteiger partial charge in [0.1, 0.15) is 6.10 Å². The fourth-order valence-corrected chi connectivity index (χ4v) is 2.57. The molecule has 0 amide bonds. The Bertz CT molecular complexity index is 486. The van der Waals surface area contributed by atoms with Gasteiger partial charge in [-0.1, -0.05) is 51.7 Å². The number of benzene rings is 1. The summed E-state index contributed by atoms with van der Waals surface area (Å²) >= 11 is 0. The van der Waals surface area contributed by atoms with Gasteiger partial charge in [-0.3, -0.25) is 0 Å². The molecule has 0 bridgehead atoms. The van der Waals surface area contributed by atoms with Crippen LogP contribution in [0.5, 0.6) is 0 Å². The second kappa shape index (κ2) is 10.8. The lowest BCUT2D eigenvalue weighted by atomic mass is 10.0. The molecule has 128 valence electrons. The van der Waals surface area contributed by atoms with Gasteiger partial charge in [-0.05, 0) is 37.8 Å². The second-order valence-corrected chi connectivity index (χ2v) is 5.87. The number of rotatable bonds is 11. The summed E-state index contributed by atoms with van der Waals surface area (Å²) in [5.74, 6) is -1.63. The Balaban J connectivity index is 2.72. The summed E-state index contributed by atoms with van der Waals surface area (Å²) in [7, 11) is 0. The van der Waals surface area contributed by atoms with Crippen LogP contribution in [0.15, 0.2) is 24.3 Å². The number of unbranched alkanes of at least 4 members (excludes halogenated alkanes) is 4. The Hall–Kier alpha value is -1.84. The summed E-state index contributed by atoms with van der Waals surface area (Å²) in [6.45, 7) is 4.28. The molecule has 0 unspecified atom stereocenters. The number of carboxylic acids is 1. The molecule has 0 fully saturated rings. The van der Waals surface area contributed by atoms with Crippen molar-refractivity contribution in [3.05, 3.63) is 35.4 Å². The van der Waals surface area contributed by atoms with Crippen molar-refractivity contribution in [3.63, 3.8) is 0 Å². The quantitative estimate of drug-likeness (QED) is 0.456. The first-order valence-electron chi connectivity index (χ1n) is 8.63. The lowest BCUT2D eigenvalue weighted by Crippen LogP contribution is -2.20. The maximum Gasteiger partial charge on any atom is 0.339 e. The second-order valence-electron chi connectivity index (χ2n) is 5.87. The zero-order chi connectivity index (χ0) is 17.1. The van der Waals surface area contributed by atoms with E-state index in [1.54, 1.807) is 12.1 Å². The first-order chi connectivity index (χ1) is 11.1. The highest BCUT2D eigenvalue weighted by atomic mass is 16.5. The third-order valence-corrected chi connectivity index (χ3v) is 3.91. The summed E-state index contributed by atoms with van der Waals surface area (Å²) in [5, 5.41) is 9.19. The molecule has 0 saturated carbocycles. The Morgan fingerprint density at radius 3 is 1.96 bits per heavy atom. The van der Waals surface area contributed by atoms with Crippen LogP contribution < -0.4 is 0 Å². The third-order valence-electron chi connectivity index (χ3n) is 3.91. The molecule has 0 spiro atoms. The van der Waals surface area contributed by atoms with E-state index in [1.165, 1.54) is 12.1 Å². The summed E-state index contributed by atoms with van der Waals surface area (Å²) in [6.07, 6.45) is 8.11. The number of hydrogen-bond acceptors (Lipinski definition) is 3. The molecule has 0 saturated heterocycles. The van der Waals surface area contributed by atoms with E-state index in [9.17, 15) is 14.7 Å². The maximum absolute atomic E-state index is 12.4. The SMILES string of the molecule is CCCCCC(CCCCC)OC(=O)c1ccccc1C(=O)O. The first kappa shape index (κ1) is 19.2. The summed E-state index contributed by atoms with van der Waals surface area (Å²) in [5.41, 5.74) is 0.134. The molecule has 0 aliphatic heterocycles. The number of carboxylic acid groups (broad SMARTS) is 1. The molecule has 4 nitrogen and oxygen atoms in total. The average molecular weight is 320 g/mol. The molecule has 1 aromatic carbocycles. The van der Waals surface area contributed by atoms with E-state index in [0.29, 0.717) is 0 Å². The molecular formula is C19H28O4. The van der Waals surface area contributed by atoms with Crippen LogP contribution in [0.2, 0.25) is 0 Å². The molecule has 4 heteroatoms. The fraction of sp³-hybridized carbons (Fsp3) is 0.579. The van der Waals surface area contributed by atoms with E-state index < -0.39 is 11.9 Å². The molecule has 0 atom stereocenters. The summed E-state index contributed by atoms with van der Waals surface area (Å²) in [4.78, 5) is 23.6. The van der Waals surface area contributed by atoms with Crippen molar-refractivity contribution in [2.75, 3.05) is 0 Å². The number of hydrogen-bond donors (Lipinski definition) is 1. The number of esters is 1. The lowest BCUT2D eigenvalue weighted by molar-refractivity contribution is 0.0244. The monoisotopic (exact) mass is 320 g/mol. The van der Waals surface area contributed by atoms with E-state index >= 15 is 0 Å². The standard InChI is InChI=1S/C19H28O4/c1-3-5-7-11-15(12-8-6-4-2)23-19(22)17-14-10-9-13-16(17)18(20)21/h9-10,13-15H,3-8,11-12H2,1-2H3,(H,20,21). The highest BCUT2D eigenvalue weighted by Crippen LogP contribution is 2.18. The van der Waals surface area contributed by atoms with Gasteiger partial charge in [0.2, 0.25) is 0 Å². The number of carbonyl (C=O) groups is 2. The van der Waals surface area contributed by atoms with E-state index in [2.05, 4.69) is 13.8 Å². The molecular weight excluding hydrogens is 292 g/mol. The van der Waals surface area contributed by atoms with Gasteiger partial charge in [0.05, 0.1) is 11.1 Å². The van der Waals surface area contributed by atoms with Crippen LogP contribution >= 0.6 is 0 Å². The van der Waals surface area contributed by atoms with Gasteiger partial charge in [-0.25, -0.2) is 9.59 Å². The summed E-state index contributed by atoms with van der Waals surface area (Å²) < 4.78 is 5.62. The molecule has 1 aromatic rings. The van der Waals surface area contributed by atoms with E-state index in [-0.39, 0.29) is 17.2 Å². The minimum atomic E-state index is -1.11. The molecule has 0 aromatic heterocycles. The number of aromatic carboxylic acids is 1. The Morgan fingerprint density at radius 1 is 0.957 bits per heavy atom. The lowest BCUT2D eigenvalue weighted by Gasteiger charge is -2.18. The van der Waals surface area contributed by atoms with Crippen LogP contribution in [0.3, 0.4) is 0 Å². The minimum absolute atomic E-state index is 0.00151. The molecule has 23 heavy (non-hydrogen) atoms. The minimum Gasteiger partial charge on any atom is -0.478 e. The first-order valence-corrected chi connectivity index (χ1v) is 8.63. The molecule has 0 aliphatic carbocycles. The largest absolute Gasteiger partial charge is 0.478 e. The highest BCUT2D eigenvalue weighted by Gasteiger charge is 2.20. The highest BCUT2D eigenvalue weighted by molar-refractivity contribution is 6.02. The van der Waals surface area contributed by atoms with Crippen molar-refractivity contribution in [3.8, 4) is 0 Å². The normalized spacial score (nSPS) is 10.7. The Labute approximate surface area is 138 Å². The third kappa shape index (κ3) is 6.85. The van der Waals surface area contributed by atoms with Crippen molar-refractivity contribution in [2.45, 2.75) is 71.3 Å². The maximum atomic E-state index is 12.4. The molecule has 1 N–H and O–H groups in total. The van der Waals surface area contributed by atoms with E-state index in [4.69, 9.17) is 4.74 Å². The number of carbonyl (C=O) groups excluding carboxylic acids is 1. The van der Waals surface area contributed by atoms with Crippen LogP contribution in [-0.4, -0.2) is 23.1 Å². The Morgan fingerprint density at radius 2 is 1.48 bits per heavy atom. The molecule has 1 rings (SSSR count). The van der Waals surface area contributed by atoms with Crippen molar-refractivity contribution in [1.29, 1.82) is 0 Å². The van der Waals surface area contributed by atoms with Gasteiger partial charge >= 0.3 is 11.9 Å². The Kier molecular flexibility index (Phi) is 9.03. The zero-order valence-electron chi connectivity index (χ0n) is 14.2. The predicted molar refractivity (Wildman–Crippen MR) is 90.9 cm³/mol. The molecule has 0 radical (unpaired) electrons. The van der Waals surface area contributed by atoms with E-state index in [1.807, 2.05) is 0 Å². The van der Waals surface area contributed by atoms with Gasteiger partial charge in [-0.2, -0.15) is 0 Å². The van der Waals surface area contributed by atoms with E-state index in [0.717, 1.165) is 51.4 Å². The molecule has 0 heterocycles. The van der Waals surface area contributed by atoms with Crippen LogP contribution in [0, 0.1) is 0 Å². The van der Waals surface area contributed by atoms with Crippen molar-refractivity contribution in [2.24, 2.45) is 0 Å². The van der Waals surface area contributed by atoms with Gasteiger partial charge in [-0.15, -0.1) is 0 Å². The van der Waals surface area contributed by atoms with Crippen LogP contribution in [-0.2, 0) is 4.74 Å². The predicted octanol–water partition coefficient (Wildman–Crippen LogP) is 5.07. The van der Waals surface area contributed by atoms with Crippen molar-refractivity contribution >= 4 is 11.9 Å². The van der Waals surface area contributed by atoms with Gasteiger partial charge < -0.3 is 9.84 Å². The van der Waals surface area contributed by atoms with Crippen LogP contribution in [0.1, 0.15) is 85.9 Å². The molecule has 0 aliphatic rings. The zero-order valence-corrected chi connectivity index (χ0v) is 14.2. The van der Waals surface area contributed by atoms with Crippen LogP contribution in [0.4, 0.5) is 0 Å². The smallest absolute Gasteiger partial charge is 0.339 e. The van der Waals surface area contributed by atoms with Gasteiger partial charge in [0.25, 0.3) is 0 Å². The fourth-order valence-electron chi connectivity index (χ4n) is 2.57. The van der Waals surface area contributed by atoms with Gasteiger partial charge in [0.15, 0.2) is 0 Å².